The average Bonchev–Trinajstić information content (AvgIpc) is 2.53. The number of hydrogen-bond acceptors (Lipinski definition) is 2. The molecule has 1 aliphatic heterocycles. The van der Waals surface area contributed by atoms with Gasteiger partial charge in [0.05, 0.1) is 0 Å². The third-order valence-electron chi connectivity index (χ3n) is 4.94. The molecule has 1 saturated carbocycles. The van der Waals surface area contributed by atoms with Crippen molar-refractivity contribution in [3.63, 3.8) is 0 Å². The van der Waals surface area contributed by atoms with Crippen LogP contribution in [0.4, 0.5) is 4.39 Å². The quantitative estimate of drug-likeness (QED) is 0.870. The van der Waals surface area contributed by atoms with E-state index in [1.165, 1.54) is 32.1 Å². The summed E-state index contributed by atoms with van der Waals surface area (Å²) < 4.78 is 14.5. The molecule has 22 heavy (non-hydrogen) atoms. The maximum atomic E-state index is 14.5. The lowest BCUT2D eigenvalue weighted by atomic mass is 9.80. The van der Waals surface area contributed by atoms with Crippen molar-refractivity contribution in [3.8, 4) is 0 Å². The fourth-order valence-corrected chi connectivity index (χ4v) is 4.19. The second kappa shape index (κ2) is 8.49. The summed E-state index contributed by atoms with van der Waals surface area (Å²) in [4.78, 5) is 2.44. The fourth-order valence-electron chi connectivity index (χ4n) is 3.92. The highest BCUT2D eigenvalue weighted by Crippen LogP contribution is 2.41. The Kier molecular flexibility index (Phi) is 6.94. The molecule has 2 nitrogen and oxygen atoms in total. The highest BCUT2D eigenvalue weighted by molar-refractivity contribution is 6.31. The molecule has 1 aromatic carbocycles. The van der Waals surface area contributed by atoms with Gasteiger partial charge in [-0.25, -0.2) is 4.39 Å². The van der Waals surface area contributed by atoms with E-state index in [4.69, 9.17) is 11.6 Å². The van der Waals surface area contributed by atoms with E-state index in [1.54, 1.807) is 12.1 Å². The average molecular weight is 347 g/mol. The summed E-state index contributed by atoms with van der Waals surface area (Å²) in [6, 6.07) is 5.23. The lowest BCUT2D eigenvalue weighted by molar-refractivity contribution is 0.101. The molecule has 2 fully saturated rings. The van der Waals surface area contributed by atoms with Gasteiger partial charge in [-0.1, -0.05) is 36.9 Å². The molecule has 0 bridgehead atoms. The summed E-state index contributed by atoms with van der Waals surface area (Å²) in [5, 5.41) is 3.97. The highest BCUT2D eigenvalue weighted by atomic mass is 35.5. The Morgan fingerprint density at radius 1 is 1.14 bits per heavy atom. The molecular weight excluding hydrogens is 322 g/mol. The topological polar surface area (TPSA) is 15.3 Å². The predicted octanol–water partition coefficient (Wildman–Crippen LogP) is 4.43. The van der Waals surface area contributed by atoms with E-state index in [-0.39, 0.29) is 24.3 Å². The van der Waals surface area contributed by atoms with Gasteiger partial charge in [0.15, 0.2) is 0 Å². The monoisotopic (exact) mass is 346 g/mol. The van der Waals surface area contributed by atoms with Crippen molar-refractivity contribution >= 4 is 24.0 Å². The van der Waals surface area contributed by atoms with Gasteiger partial charge in [0, 0.05) is 42.8 Å². The van der Waals surface area contributed by atoms with Gasteiger partial charge < -0.3 is 5.32 Å². The van der Waals surface area contributed by atoms with Gasteiger partial charge in [-0.2, -0.15) is 0 Å². The number of piperazine rings is 1. The van der Waals surface area contributed by atoms with Crippen LogP contribution in [0.25, 0.3) is 0 Å². The van der Waals surface area contributed by atoms with Gasteiger partial charge in [-0.15, -0.1) is 12.4 Å². The minimum Gasteiger partial charge on any atom is -0.314 e. The van der Waals surface area contributed by atoms with Crippen LogP contribution < -0.4 is 5.32 Å². The first-order valence-corrected chi connectivity index (χ1v) is 8.54. The number of nitrogens with zero attached hydrogens (tertiary/aromatic N) is 1. The molecule has 1 heterocycles. The predicted molar refractivity (Wildman–Crippen MR) is 92.4 cm³/mol. The first-order valence-electron chi connectivity index (χ1n) is 8.16. The normalized spacial score (nSPS) is 22.1. The van der Waals surface area contributed by atoms with E-state index >= 15 is 0 Å². The van der Waals surface area contributed by atoms with Crippen LogP contribution in [0.3, 0.4) is 0 Å². The second-order valence-corrected chi connectivity index (χ2v) is 6.67. The summed E-state index contributed by atoms with van der Waals surface area (Å²) in [5.74, 6) is 0.392. The zero-order chi connectivity index (χ0) is 14.7. The van der Waals surface area contributed by atoms with Gasteiger partial charge in [0.2, 0.25) is 0 Å². The summed E-state index contributed by atoms with van der Waals surface area (Å²) in [5.41, 5.74) is 0.730. The van der Waals surface area contributed by atoms with E-state index in [2.05, 4.69) is 10.2 Å². The van der Waals surface area contributed by atoms with Crippen molar-refractivity contribution in [3.05, 3.63) is 34.6 Å². The van der Waals surface area contributed by atoms with E-state index in [9.17, 15) is 4.39 Å². The van der Waals surface area contributed by atoms with E-state index in [1.807, 2.05) is 6.07 Å². The molecular formula is C17H25Cl2FN2. The molecule has 3 rings (SSSR count). The lowest BCUT2D eigenvalue weighted by Gasteiger charge is -2.41. The van der Waals surface area contributed by atoms with Gasteiger partial charge in [0.25, 0.3) is 0 Å². The Morgan fingerprint density at radius 3 is 2.45 bits per heavy atom. The molecule has 1 aliphatic carbocycles. The van der Waals surface area contributed by atoms with Crippen LogP contribution in [0.1, 0.15) is 43.7 Å². The first kappa shape index (κ1) is 18.0. The minimum absolute atomic E-state index is 0. The third kappa shape index (κ3) is 3.94. The minimum atomic E-state index is -0.142. The van der Waals surface area contributed by atoms with Crippen LogP contribution >= 0.6 is 24.0 Å². The highest BCUT2D eigenvalue weighted by Gasteiger charge is 2.33. The standard InChI is InChI=1S/C17H24ClFN2.ClH/c18-14-7-4-8-15(19)16(14)17(13-5-2-1-3-6-13)21-11-9-20-10-12-21;/h4,7-8,13,17,20H,1-3,5-6,9-12H2;1H/t17-;/m1./s1. The van der Waals surface area contributed by atoms with Crippen LogP contribution in [-0.4, -0.2) is 31.1 Å². The van der Waals surface area contributed by atoms with Crippen LogP contribution in [0, 0.1) is 11.7 Å². The molecule has 0 spiro atoms. The summed E-state index contributed by atoms with van der Waals surface area (Å²) in [6.07, 6.45) is 6.23. The van der Waals surface area contributed by atoms with Crippen molar-refractivity contribution < 1.29 is 4.39 Å². The van der Waals surface area contributed by atoms with Crippen LogP contribution in [0.2, 0.25) is 5.02 Å². The number of nitrogens with one attached hydrogen (secondary N) is 1. The Balaban J connectivity index is 0.00000176. The Labute approximate surface area is 143 Å². The molecule has 0 aromatic heterocycles. The van der Waals surface area contributed by atoms with E-state index in [0.29, 0.717) is 10.9 Å². The smallest absolute Gasteiger partial charge is 0.129 e. The molecule has 1 N–H and O–H groups in total. The zero-order valence-electron chi connectivity index (χ0n) is 12.9. The number of rotatable bonds is 3. The lowest BCUT2D eigenvalue weighted by Crippen LogP contribution is -2.47. The van der Waals surface area contributed by atoms with E-state index in [0.717, 1.165) is 31.7 Å². The third-order valence-corrected chi connectivity index (χ3v) is 5.27. The van der Waals surface area contributed by atoms with Crippen molar-refractivity contribution in [1.29, 1.82) is 0 Å². The molecule has 124 valence electrons. The Morgan fingerprint density at radius 2 is 1.82 bits per heavy atom. The largest absolute Gasteiger partial charge is 0.314 e. The maximum Gasteiger partial charge on any atom is 0.129 e. The van der Waals surface area contributed by atoms with Gasteiger partial charge in [0.1, 0.15) is 5.82 Å². The molecule has 0 radical (unpaired) electrons. The molecule has 1 aromatic rings. The Bertz CT molecular complexity index is 433. The maximum absolute atomic E-state index is 14.5. The molecule has 0 amide bonds. The molecule has 1 saturated heterocycles. The SMILES string of the molecule is Cl.Fc1cccc(Cl)c1[C@@H](C1CCCCC1)N1CCNCC1. The summed E-state index contributed by atoms with van der Waals surface area (Å²) >= 11 is 6.38. The second-order valence-electron chi connectivity index (χ2n) is 6.26. The Hall–Kier alpha value is -0.350. The molecule has 5 heteroatoms. The fraction of sp³-hybridized carbons (Fsp3) is 0.647. The summed E-state index contributed by atoms with van der Waals surface area (Å²) in [6.45, 7) is 3.92. The van der Waals surface area contributed by atoms with Crippen molar-refractivity contribution in [2.45, 2.75) is 38.1 Å². The van der Waals surface area contributed by atoms with Crippen LogP contribution in [0.15, 0.2) is 18.2 Å². The zero-order valence-corrected chi connectivity index (χ0v) is 14.4. The number of halogens is 3. The summed E-state index contributed by atoms with van der Waals surface area (Å²) in [7, 11) is 0. The van der Waals surface area contributed by atoms with Crippen molar-refractivity contribution in [2.75, 3.05) is 26.2 Å². The first-order chi connectivity index (χ1) is 10.3. The van der Waals surface area contributed by atoms with Gasteiger partial charge >= 0.3 is 0 Å². The number of benzene rings is 1. The van der Waals surface area contributed by atoms with Crippen molar-refractivity contribution in [2.24, 2.45) is 5.92 Å². The van der Waals surface area contributed by atoms with E-state index < -0.39 is 0 Å². The van der Waals surface area contributed by atoms with Gasteiger partial charge in [-0.3, -0.25) is 4.90 Å². The van der Waals surface area contributed by atoms with Crippen molar-refractivity contribution in [1.82, 2.24) is 10.2 Å². The van der Waals surface area contributed by atoms with Crippen LogP contribution in [-0.2, 0) is 0 Å². The molecule has 1 atom stereocenters. The molecule has 0 unspecified atom stereocenters. The van der Waals surface area contributed by atoms with Crippen LogP contribution in [0.5, 0.6) is 0 Å². The number of hydrogen-bond donors (Lipinski definition) is 1. The molecule has 2 aliphatic rings. The van der Waals surface area contributed by atoms with Gasteiger partial charge in [-0.05, 0) is 30.9 Å².